The highest BCUT2D eigenvalue weighted by Gasteiger charge is 2.14. The molecule has 26 heavy (non-hydrogen) atoms. The van der Waals surface area contributed by atoms with Gasteiger partial charge in [0.25, 0.3) is 0 Å². The minimum absolute atomic E-state index is 0.0472. The molecule has 0 aliphatic heterocycles. The fourth-order valence-electron chi connectivity index (χ4n) is 2.23. The van der Waals surface area contributed by atoms with Crippen LogP contribution in [0.3, 0.4) is 0 Å². The molecule has 6 heteroatoms. The lowest BCUT2D eigenvalue weighted by atomic mass is 10.1. The largest absolute Gasteiger partial charge is 0.493 e. The van der Waals surface area contributed by atoms with Crippen molar-refractivity contribution in [3.8, 4) is 5.75 Å². The lowest BCUT2D eigenvalue weighted by molar-refractivity contribution is -0.121. The van der Waals surface area contributed by atoms with Crippen LogP contribution < -0.4 is 20.7 Å². The fourth-order valence-corrected chi connectivity index (χ4v) is 2.23. The number of carbonyl (C=O) groups excluding carboxylic acids is 1. The average molecular weight is 363 g/mol. The zero-order valence-electron chi connectivity index (χ0n) is 17.1. The zero-order chi connectivity index (χ0) is 19.7. The minimum atomic E-state index is -0.248. The number of nitrogens with one attached hydrogen (secondary N) is 3. The van der Waals surface area contributed by atoms with Crippen LogP contribution >= 0.6 is 0 Å². The second-order valence-electron chi connectivity index (χ2n) is 7.86. The zero-order valence-corrected chi connectivity index (χ0v) is 17.1. The fraction of sp³-hybridized carbons (Fsp3) is 0.600. The van der Waals surface area contributed by atoms with Crippen molar-refractivity contribution in [2.45, 2.75) is 53.1 Å². The molecule has 0 aromatic heterocycles. The van der Waals surface area contributed by atoms with Gasteiger partial charge in [-0.05, 0) is 51.3 Å². The van der Waals surface area contributed by atoms with E-state index in [-0.39, 0.29) is 24.0 Å². The summed E-state index contributed by atoms with van der Waals surface area (Å²) in [5.74, 6) is 1.89. The van der Waals surface area contributed by atoms with Gasteiger partial charge in [0.1, 0.15) is 5.75 Å². The van der Waals surface area contributed by atoms with Crippen LogP contribution in [0.5, 0.6) is 5.75 Å². The van der Waals surface area contributed by atoms with E-state index in [9.17, 15) is 4.79 Å². The van der Waals surface area contributed by atoms with Crippen LogP contribution in [0, 0.1) is 5.92 Å². The van der Waals surface area contributed by atoms with Crippen LogP contribution in [-0.4, -0.2) is 37.6 Å². The maximum Gasteiger partial charge on any atom is 0.239 e. The van der Waals surface area contributed by atoms with Crippen LogP contribution in [-0.2, 0) is 4.79 Å². The maximum absolute atomic E-state index is 11.9. The van der Waals surface area contributed by atoms with E-state index in [1.807, 2.05) is 52.0 Å². The van der Waals surface area contributed by atoms with Gasteiger partial charge in [-0.25, -0.2) is 0 Å². The second-order valence-corrected chi connectivity index (χ2v) is 7.86. The molecule has 1 rings (SSSR count). The van der Waals surface area contributed by atoms with E-state index in [2.05, 4.69) is 34.8 Å². The Balaban J connectivity index is 2.53. The van der Waals surface area contributed by atoms with Crippen LogP contribution in [0.1, 0.15) is 53.1 Å². The van der Waals surface area contributed by atoms with Crippen LogP contribution in [0.15, 0.2) is 29.3 Å². The van der Waals surface area contributed by atoms with Crippen molar-refractivity contribution in [1.29, 1.82) is 0 Å². The van der Waals surface area contributed by atoms with Gasteiger partial charge in [0.2, 0.25) is 5.91 Å². The molecular weight excluding hydrogens is 328 g/mol. The normalized spacial score (nSPS) is 13.3. The molecular formula is C20H34N4O2. The molecule has 146 valence electrons. The van der Waals surface area contributed by atoms with Gasteiger partial charge in [0.15, 0.2) is 5.96 Å². The summed E-state index contributed by atoms with van der Waals surface area (Å²) >= 11 is 0. The molecule has 1 aromatic rings. The molecule has 0 fully saturated rings. The lowest BCUT2D eigenvalue weighted by Crippen LogP contribution is -2.48. The van der Waals surface area contributed by atoms with Crippen LogP contribution in [0.2, 0.25) is 0 Å². The van der Waals surface area contributed by atoms with Gasteiger partial charge >= 0.3 is 0 Å². The van der Waals surface area contributed by atoms with Crippen molar-refractivity contribution in [2.75, 3.05) is 20.2 Å². The number of benzene rings is 1. The molecule has 0 aliphatic rings. The van der Waals surface area contributed by atoms with Crippen molar-refractivity contribution < 1.29 is 9.53 Å². The van der Waals surface area contributed by atoms with E-state index < -0.39 is 0 Å². The van der Waals surface area contributed by atoms with Gasteiger partial charge in [0.05, 0.1) is 19.2 Å². The predicted octanol–water partition coefficient (Wildman–Crippen LogP) is 2.86. The molecule has 0 aliphatic carbocycles. The SMILES string of the molecule is CN=C(NCC(=O)NC(C)(C)C)NC(C)c1ccc(OCC(C)C)cc1. The third-order valence-corrected chi connectivity index (χ3v) is 3.47. The Morgan fingerprint density at radius 1 is 1.15 bits per heavy atom. The van der Waals surface area contributed by atoms with Gasteiger partial charge in [-0.3, -0.25) is 9.79 Å². The third kappa shape index (κ3) is 8.74. The summed E-state index contributed by atoms with van der Waals surface area (Å²) in [7, 11) is 1.69. The van der Waals surface area contributed by atoms with Gasteiger partial charge < -0.3 is 20.7 Å². The summed E-state index contributed by atoms with van der Waals surface area (Å²) in [4.78, 5) is 16.1. The summed E-state index contributed by atoms with van der Waals surface area (Å²) in [5, 5.41) is 9.24. The van der Waals surface area contributed by atoms with Crippen LogP contribution in [0.4, 0.5) is 0 Å². The number of hydrogen-bond donors (Lipinski definition) is 3. The average Bonchev–Trinajstić information content (AvgIpc) is 2.55. The lowest BCUT2D eigenvalue weighted by Gasteiger charge is -2.22. The Morgan fingerprint density at radius 2 is 1.77 bits per heavy atom. The summed E-state index contributed by atoms with van der Waals surface area (Å²) in [5.41, 5.74) is 0.867. The molecule has 3 N–H and O–H groups in total. The van der Waals surface area contributed by atoms with Crippen LogP contribution in [0.25, 0.3) is 0 Å². The van der Waals surface area contributed by atoms with E-state index in [0.29, 0.717) is 18.5 Å². The highest BCUT2D eigenvalue weighted by atomic mass is 16.5. The number of nitrogens with zero attached hydrogens (tertiary/aromatic N) is 1. The number of hydrogen-bond acceptors (Lipinski definition) is 3. The van der Waals surface area contributed by atoms with Crippen molar-refractivity contribution in [2.24, 2.45) is 10.9 Å². The Labute approximate surface area is 157 Å². The number of ether oxygens (including phenoxy) is 1. The van der Waals surface area contributed by atoms with Gasteiger partial charge in [-0.1, -0.05) is 26.0 Å². The summed E-state index contributed by atoms with van der Waals surface area (Å²) < 4.78 is 5.71. The standard InChI is InChI=1S/C20H34N4O2/c1-14(2)13-26-17-10-8-16(9-11-17)15(3)23-19(21-7)22-12-18(25)24-20(4,5)6/h8-11,14-15H,12-13H2,1-7H3,(H,24,25)(H2,21,22,23). The molecule has 6 nitrogen and oxygen atoms in total. The highest BCUT2D eigenvalue weighted by molar-refractivity contribution is 5.86. The summed E-state index contributed by atoms with van der Waals surface area (Å²) in [6.45, 7) is 13.0. The maximum atomic E-state index is 11.9. The predicted molar refractivity (Wildman–Crippen MR) is 108 cm³/mol. The van der Waals surface area contributed by atoms with E-state index in [4.69, 9.17) is 4.74 Å². The Bertz CT molecular complexity index is 589. The first-order valence-corrected chi connectivity index (χ1v) is 9.11. The van der Waals surface area contributed by atoms with Crippen molar-refractivity contribution >= 4 is 11.9 Å². The third-order valence-electron chi connectivity index (χ3n) is 3.47. The van der Waals surface area contributed by atoms with Gasteiger partial charge in [0, 0.05) is 12.6 Å². The monoisotopic (exact) mass is 362 g/mol. The molecule has 0 spiro atoms. The number of aliphatic imine (C=N–C) groups is 1. The molecule has 1 aromatic carbocycles. The molecule has 0 saturated carbocycles. The van der Waals surface area contributed by atoms with E-state index in [1.54, 1.807) is 7.05 Å². The summed E-state index contributed by atoms with van der Waals surface area (Å²) in [6.07, 6.45) is 0. The molecule has 0 bridgehead atoms. The molecule has 0 saturated heterocycles. The molecule has 0 radical (unpaired) electrons. The Kier molecular flexibility index (Phi) is 8.42. The first-order valence-electron chi connectivity index (χ1n) is 9.11. The molecule has 1 unspecified atom stereocenters. The quantitative estimate of drug-likeness (QED) is 0.515. The van der Waals surface area contributed by atoms with Crippen molar-refractivity contribution in [3.63, 3.8) is 0 Å². The van der Waals surface area contributed by atoms with Crippen molar-refractivity contribution in [1.82, 2.24) is 16.0 Å². The molecule has 0 heterocycles. The van der Waals surface area contributed by atoms with E-state index in [0.717, 1.165) is 11.3 Å². The number of rotatable bonds is 7. The van der Waals surface area contributed by atoms with Gasteiger partial charge in [-0.15, -0.1) is 0 Å². The first-order chi connectivity index (χ1) is 12.1. The number of amides is 1. The van der Waals surface area contributed by atoms with Gasteiger partial charge in [-0.2, -0.15) is 0 Å². The number of guanidine groups is 1. The topological polar surface area (TPSA) is 74.8 Å². The highest BCUT2D eigenvalue weighted by Crippen LogP contribution is 2.18. The smallest absolute Gasteiger partial charge is 0.239 e. The first kappa shape index (κ1) is 21.8. The van der Waals surface area contributed by atoms with E-state index >= 15 is 0 Å². The minimum Gasteiger partial charge on any atom is -0.493 e. The van der Waals surface area contributed by atoms with Crippen molar-refractivity contribution in [3.05, 3.63) is 29.8 Å². The Hall–Kier alpha value is -2.24. The molecule has 1 atom stereocenters. The number of carbonyl (C=O) groups is 1. The summed E-state index contributed by atoms with van der Waals surface area (Å²) in [6, 6.07) is 8.07. The Morgan fingerprint density at radius 3 is 2.27 bits per heavy atom. The van der Waals surface area contributed by atoms with E-state index in [1.165, 1.54) is 0 Å². The molecule has 1 amide bonds. The second kappa shape index (κ2) is 10.0.